The fourth-order valence-corrected chi connectivity index (χ4v) is 5.84. The van der Waals surface area contributed by atoms with Gasteiger partial charge in [0.25, 0.3) is 0 Å². The largest absolute Gasteiger partial charge is 0.468 e. The molecule has 0 aliphatic carbocycles. The summed E-state index contributed by atoms with van der Waals surface area (Å²) < 4.78 is 37.4. The minimum Gasteiger partial charge on any atom is -0.468 e. The van der Waals surface area contributed by atoms with Crippen molar-refractivity contribution < 1.29 is 38.1 Å². The van der Waals surface area contributed by atoms with Crippen LogP contribution in [0.5, 0.6) is 5.75 Å². The minimum absolute atomic E-state index is 0.197. The third-order valence-corrected chi connectivity index (χ3v) is 7.84. The van der Waals surface area contributed by atoms with E-state index in [0.717, 1.165) is 0 Å². The van der Waals surface area contributed by atoms with E-state index < -0.39 is 50.4 Å². The third-order valence-electron chi connectivity index (χ3n) is 6.30. The lowest BCUT2D eigenvalue weighted by molar-refractivity contribution is -0.143. The quantitative estimate of drug-likeness (QED) is 0.160. The van der Waals surface area contributed by atoms with Crippen LogP contribution in [0.25, 0.3) is 11.0 Å². The number of esters is 1. The number of rotatable bonds is 10. The number of fused-ring (bicyclic) bond motifs is 1. The molecule has 0 saturated carbocycles. The summed E-state index contributed by atoms with van der Waals surface area (Å²) in [7, 11) is -3.09. The van der Waals surface area contributed by atoms with E-state index in [1.807, 2.05) is 0 Å². The Bertz CT molecular complexity index is 1410. The summed E-state index contributed by atoms with van der Waals surface area (Å²) in [5, 5.41) is 25.4. The van der Waals surface area contributed by atoms with Crippen LogP contribution in [0.15, 0.2) is 48.9 Å². The molecule has 5 N–H and O–H groups in total. The third kappa shape index (κ3) is 5.62. The molecule has 0 bridgehead atoms. The number of nitrogen functional groups attached to an aromatic ring is 1. The van der Waals surface area contributed by atoms with Crippen molar-refractivity contribution in [3.8, 4) is 18.1 Å². The average Bonchev–Trinajstić information content (AvgIpc) is 3.46. The summed E-state index contributed by atoms with van der Waals surface area (Å²) in [5.41, 5.74) is 4.01. The number of aliphatic hydroxyl groups is 2. The number of nitrogens with one attached hydrogen (secondary N) is 1. The lowest BCUT2D eigenvalue weighted by Crippen LogP contribution is -2.46. The Morgan fingerprint density at radius 1 is 1.33 bits per heavy atom. The summed E-state index contributed by atoms with van der Waals surface area (Å²) in [6, 6.07) is 8.75. The van der Waals surface area contributed by atoms with E-state index in [1.165, 1.54) is 24.2 Å². The summed E-state index contributed by atoms with van der Waals surface area (Å²) >= 11 is 0. The molecule has 0 radical (unpaired) electrons. The van der Waals surface area contributed by atoms with E-state index in [4.69, 9.17) is 30.7 Å². The molecule has 13 nitrogen and oxygen atoms in total. The van der Waals surface area contributed by atoms with Gasteiger partial charge in [0.15, 0.2) is 11.8 Å². The highest BCUT2D eigenvalue weighted by Gasteiger charge is 2.56. The molecule has 39 heavy (non-hydrogen) atoms. The highest BCUT2D eigenvalue weighted by Crippen LogP contribution is 2.47. The summed E-state index contributed by atoms with van der Waals surface area (Å²) in [6.07, 6.45) is 4.16. The van der Waals surface area contributed by atoms with Gasteiger partial charge < -0.3 is 34.5 Å². The lowest BCUT2D eigenvalue weighted by atomic mass is 9.95. The van der Waals surface area contributed by atoms with Crippen molar-refractivity contribution in [2.45, 2.75) is 43.9 Å². The van der Waals surface area contributed by atoms with Gasteiger partial charge in [-0.3, -0.25) is 9.32 Å². The number of carbonyl (C=O) groups excluding carboxylic acids is 1. The molecule has 3 aromatic rings. The molecule has 4 rings (SSSR count). The smallest absolute Gasteiger partial charge is 0.459 e. The first-order valence-corrected chi connectivity index (χ1v) is 13.5. The number of ether oxygens (including phenoxy) is 2. The number of para-hydroxylation sites is 1. The van der Waals surface area contributed by atoms with Crippen LogP contribution in [0.4, 0.5) is 5.82 Å². The minimum atomic E-state index is -4.29. The number of nitrogens with two attached hydrogens (primary N) is 1. The van der Waals surface area contributed by atoms with Gasteiger partial charge in [-0.2, -0.15) is 5.09 Å². The molecule has 1 unspecified atom stereocenters. The predicted octanol–water partition coefficient (Wildman–Crippen LogP) is 1.63. The molecule has 1 aliphatic heterocycles. The lowest BCUT2D eigenvalue weighted by Gasteiger charge is -2.27. The first kappa shape index (κ1) is 28.5. The Labute approximate surface area is 224 Å². The number of nitrogens with zero attached hydrogens (tertiary/aromatic N) is 3. The van der Waals surface area contributed by atoms with Crippen LogP contribution in [0, 0.1) is 18.3 Å². The Hall–Kier alpha value is -3.50. The molecule has 1 fully saturated rings. The Kier molecular flexibility index (Phi) is 8.27. The van der Waals surface area contributed by atoms with E-state index in [9.17, 15) is 19.6 Å². The number of aromatic nitrogens is 3. The van der Waals surface area contributed by atoms with Crippen molar-refractivity contribution in [3.05, 3.63) is 48.9 Å². The van der Waals surface area contributed by atoms with E-state index in [0.29, 0.717) is 11.0 Å². The molecule has 6 atom stereocenters. The number of methoxy groups -OCH3 is 1. The first-order chi connectivity index (χ1) is 18.5. The standard InChI is InChI=1S/C25H30N5O8P/c1-5-25(33)20(31)18(37-24(25)30-12-11-17-21(26)27-14-28-22(17)30)13-36-39(34,38-16-9-7-6-8-10-16)29-19(15(2)3)23(32)35-4/h1,6-12,14-15,18-20,24,31,33H,13H2,2-4H3,(H,29,34)(H2,26,27,28)/t18-,19+,20-,24-,25-,39?/m1/s1. The van der Waals surface area contributed by atoms with Gasteiger partial charge in [-0.25, -0.2) is 14.5 Å². The fourth-order valence-electron chi connectivity index (χ4n) is 4.17. The SMILES string of the molecule is C#C[C@@]1(O)[C@H](O)[C@@H](COP(=O)(N[C@H](C(=O)OC)C(C)C)Oc2ccccc2)O[C@H]1n1ccc2c(N)ncnc21. The van der Waals surface area contributed by atoms with Crippen molar-refractivity contribution in [3.63, 3.8) is 0 Å². The topological polar surface area (TPSA) is 180 Å². The molecule has 1 aliphatic rings. The average molecular weight is 560 g/mol. The van der Waals surface area contributed by atoms with Crippen LogP contribution in [0.3, 0.4) is 0 Å². The number of hydrogen-bond acceptors (Lipinski definition) is 11. The van der Waals surface area contributed by atoms with Gasteiger partial charge in [-0.15, -0.1) is 6.42 Å². The van der Waals surface area contributed by atoms with Crippen LogP contribution in [-0.4, -0.2) is 68.3 Å². The van der Waals surface area contributed by atoms with Crippen LogP contribution >= 0.6 is 7.75 Å². The summed E-state index contributed by atoms with van der Waals surface area (Å²) in [4.78, 5) is 20.5. The summed E-state index contributed by atoms with van der Waals surface area (Å²) in [6.45, 7) is 2.91. The van der Waals surface area contributed by atoms with Crippen LogP contribution in [-0.2, 0) is 23.4 Å². The van der Waals surface area contributed by atoms with E-state index in [2.05, 4.69) is 21.0 Å². The van der Waals surface area contributed by atoms with E-state index in [1.54, 1.807) is 50.2 Å². The number of aliphatic hydroxyl groups excluding tert-OH is 1. The normalized spacial score (nSPS) is 25.2. The van der Waals surface area contributed by atoms with Crippen LogP contribution in [0.2, 0.25) is 0 Å². The second kappa shape index (κ2) is 11.3. The monoisotopic (exact) mass is 559 g/mol. The maximum atomic E-state index is 13.9. The molecule has 1 saturated heterocycles. The molecule has 2 aromatic heterocycles. The molecule has 208 valence electrons. The van der Waals surface area contributed by atoms with E-state index in [-0.39, 0.29) is 17.5 Å². The highest BCUT2D eigenvalue weighted by molar-refractivity contribution is 7.52. The van der Waals surface area contributed by atoms with Crippen molar-refractivity contribution in [2.24, 2.45) is 5.92 Å². The molecular formula is C25H30N5O8P. The Balaban J connectivity index is 1.61. The van der Waals surface area contributed by atoms with Crippen molar-refractivity contribution in [2.75, 3.05) is 19.5 Å². The maximum Gasteiger partial charge on any atom is 0.459 e. The van der Waals surface area contributed by atoms with Crippen LogP contribution < -0.4 is 15.3 Å². The Morgan fingerprint density at radius 2 is 2.05 bits per heavy atom. The Morgan fingerprint density at radius 3 is 2.69 bits per heavy atom. The van der Waals surface area contributed by atoms with Gasteiger partial charge >= 0.3 is 13.7 Å². The number of anilines is 1. The van der Waals surface area contributed by atoms with Crippen LogP contribution in [0.1, 0.15) is 20.1 Å². The van der Waals surface area contributed by atoms with Gasteiger partial charge in [0.05, 0.1) is 19.1 Å². The summed E-state index contributed by atoms with van der Waals surface area (Å²) in [5.74, 6) is 1.57. The zero-order valence-electron chi connectivity index (χ0n) is 21.5. The number of benzene rings is 1. The predicted molar refractivity (Wildman–Crippen MR) is 140 cm³/mol. The first-order valence-electron chi connectivity index (χ1n) is 12.0. The van der Waals surface area contributed by atoms with E-state index >= 15 is 0 Å². The van der Waals surface area contributed by atoms with Gasteiger partial charge in [0.1, 0.15) is 41.8 Å². The van der Waals surface area contributed by atoms with Gasteiger partial charge in [0.2, 0.25) is 0 Å². The molecule has 0 spiro atoms. The number of terminal acetylenes is 1. The van der Waals surface area contributed by atoms with Gasteiger partial charge in [-0.1, -0.05) is 38.0 Å². The number of carbonyl (C=O) groups is 1. The van der Waals surface area contributed by atoms with Gasteiger partial charge in [-0.05, 0) is 24.1 Å². The zero-order valence-corrected chi connectivity index (χ0v) is 22.4. The maximum absolute atomic E-state index is 13.9. The second-order valence-electron chi connectivity index (χ2n) is 9.23. The zero-order chi connectivity index (χ0) is 28.4. The molecule has 14 heteroatoms. The molecule has 0 amide bonds. The second-order valence-corrected chi connectivity index (χ2v) is 10.9. The van der Waals surface area contributed by atoms with Crippen molar-refractivity contribution >= 4 is 30.6 Å². The number of hydrogen-bond donors (Lipinski definition) is 4. The molecular weight excluding hydrogens is 529 g/mol. The van der Waals surface area contributed by atoms with Gasteiger partial charge in [0, 0.05) is 6.20 Å². The fraction of sp³-hybridized carbons (Fsp3) is 0.400. The molecule has 3 heterocycles. The highest BCUT2D eigenvalue weighted by atomic mass is 31.2. The molecule has 1 aromatic carbocycles. The van der Waals surface area contributed by atoms with Crippen molar-refractivity contribution in [1.82, 2.24) is 19.6 Å². The van der Waals surface area contributed by atoms with Crippen molar-refractivity contribution in [1.29, 1.82) is 0 Å².